The summed E-state index contributed by atoms with van der Waals surface area (Å²) in [5.41, 5.74) is 9.64. The predicted molar refractivity (Wildman–Crippen MR) is 120 cm³/mol. The summed E-state index contributed by atoms with van der Waals surface area (Å²) in [4.78, 5) is 20.8. The summed E-state index contributed by atoms with van der Waals surface area (Å²) >= 11 is 0. The number of amides is 1. The SMILES string of the molecule is CC(F)(F)F.Cc1cc(-c2ccnc3[nH]cc(C#N)c23)cc(F)c1C1CCN(C(=O)CN)CC1. The number of nitrogens with one attached hydrogen (secondary N) is 1. The number of H-pyrrole nitrogens is 1. The van der Waals surface area contributed by atoms with Crippen LogP contribution < -0.4 is 5.73 Å². The lowest BCUT2D eigenvalue weighted by atomic mass is 9.85. The molecule has 34 heavy (non-hydrogen) atoms. The smallest absolute Gasteiger partial charge is 0.345 e. The van der Waals surface area contributed by atoms with Crippen molar-refractivity contribution < 1.29 is 22.4 Å². The number of nitrogens with zero attached hydrogens (tertiary/aromatic N) is 3. The van der Waals surface area contributed by atoms with E-state index in [0.29, 0.717) is 35.2 Å². The van der Waals surface area contributed by atoms with Crippen LogP contribution in [0.2, 0.25) is 0 Å². The molecule has 0 aliphatic carbocycles. The Bertz CT molecular complexity index is 1190. The molecule has 0 saturated carbocycles. The fourth-order valence-corrected chi connectivity index (χ4v) is 4.36. The zero-order valence-corrected chi connectivity index (χ0v) is 18.8. The minimum absolute atomic E-state index is 0.0109. The Kier molecular flexibility index (Phi) is 7.57. The van der Waals surface area contributed by atoms with Crippen molar-refractivity contribution in [1.29, 1.82) is 5.26 Å². The number of rotatable bonds is 3. The Balaban J connectivity index is 0.000000588. The average Bonchev–Trinajstić information content (AvgIpc) is 3.21. The van der Waals surface area contributed by atoms with Crippen LogP contribution in [0.15, 0.2) is 30.6 Å². The molecule has 1 fully saturated rings. The normalized spacial score (nSPS) is 14.5. The highest BCUT2D eigenvalue weighted by Crippen LogP contribution is 2.37. The number of pyridine rings is 1. The summed E-state index contributed by atoms with van der Waals surface area (Å²) in [6, 6.07) is 7.49. The van der Waals surface area contributed by atoms with Crippen LogP contribution in [0.3, 0.4) is 0 Å². The van der Waals surface area contributed by atoms with E-state index in [4.69, 9.17) is 5.73 Å². The molecular weight excluding hydrogens is 450 g/mol. The van der Waals surface area contributed by atoms with Gasteiger partial charge in [-0.1, -0.05) is 6.07 Å². The molecule has 0 bridgehead atoms. The summed E-state index contributed by atoms with van der Waals surface area (Å²) in [5.74, 6) is -0.231. The quantitative estimate of drug-likeness (QED) is 0.533. The molecule has 0 atom stereocenters. The van der Waals surface area contributed by atoms with E-state index in [-0.39, 0.29) is 31.1 Å². The third kappa shape index (κ3) is 5.72. The highest BCUT2D eigenvalue weighted by molar-refractivity contribution is 5.97. The first-order chi connectivity index (χ1) is 16.0. The molecule has 10 heteroatoms. The van der Waals surface area contributed by atoms with Crippen LogP contribution in [0.5, 0.6) is 0 Å². The van der Waals surface area contributed by atoms with Crippen molar-refractivity contribution in [3.63, 3.8) is 0 Å². The minimum Gasteiger partial charge on any atom is -0.345 e. The molecular formula is C24H25F4N5O. The van der Waals surface area contributed by atoms with Gasteiger partial charge >= 0.3 is 6.18 Å². The maximum absolute atomic E-state index is 15.2. The minimum atomic E-state index is -4.00. The van der Waals surface area contributed by atoms with Gasteiger partial charge in [0.05, 0.1) is 12.1 Å². The number of alkyl halides is 3. The van der Waals surface area contributed by atoms with Crippen molar-refractivity contribution in [3.8, 4) is 17.2 Å². The lowest BCUT2D eigenvalue weighted by Crippen LogP contribution is -2.41. The molecule has 1 amide bonds. The number of nitrogens with two attached hydrogens (primary N) is 1. The van der Waals surface area contributed by atoms with Crippen LogP contribution in [-0.4, -0.2) is 46.6 Å². The molecule has 3 aromatic rings. The number of fused-ring (bicyclic) bond motifs is 1. The highest BCUT2D eigenvalue weighted by atomic mass is 19.4. The number of halogens is 4. The molecule has 1 aliphatic rings. The molecule has 3 N–H and O–H groups in total. The number of benzene rings is 1. The van der Waals surface area contributed by atoms with Gasteiger partial charge in [0.25, 0.3) is 0 Å². The van der Waals surface area contributed by atoms with E-state index in [2.05, 4.69) is 16.0 Å². The number of likely N-dealkylation sites (tertiary alicyclic amines) is 1. The summed E-state index contributed by atoms with van der Waals surface area (Å²) < 4.78 is 46.3. The first-order valence-corrected chi connectivity index (χ1v) is 10.7. The number of aromatic nitrogens is 2. The van der Waals surface area contributed by atoms with E-state index in [1.54, 1.807) is 23.4 Å². The van der Waals surface area contributed by atoms with Crippen LogP contribution in [-0.2, 0) is 4.79 Å². The van der Waals surface area contributed by atoms with Crippen LogP contribution in [0.25, 0.3) is 22.2 Å². The van der Waals surface area contributed by atoms with Gasteiger partial charge in [-0.2, -0.15) is 18.4 Å². The first-order valence-electron chi connectivity index (χ1n) is 10.7. The first kappa shape index (κ1) is 25.2. The molecule has 6 nitrogen and oxygen atoms in total. The van der Waals surface area contributed by atoms with Crippen molar-refractivity contribution in [3.05, 3.63) is 53.1 Å². The largest absolute Gasteiger partial charge is 0.386 e. The summed E-state index contributed by atoms with van der Waals surface area (Å²) in [5, 5.41) is 10.1. The van der Waals surface area contributed by atoms with Crippen molar-refractivity contribution in [2.24, 2.45) is 5.73 Å². The van der Waals surface area contributed by atoms with Gasteiger partial charge in [0.1, 0.15) is 17.5 Å². The topological polar surface area (TPSA) is 98.8 Å². The number of carbonyl (C=O) groups excluding carboxylic acids is 1. The second-order valence-corrected chi connectivity index (χ2v) is 8.23. The molecule has 2 aromatic heterocycles. The molecule has 1 aliphatic heterocycles. The molecule has 180 valence electrons. The summed E-state index contributed by atoms with van der Waals surface area (Å²) in [6.45, 7) is 3.31. The number of nitriles is 1. The number of aryl methyl sites for hydroxylation is 1. The highest BCUT2D eigenvalue weighted by Gasteiger charge is 2.27. The van der Waals surface area contributed by atoms with Crippen molar-refractivity contribution in [1.82, 2.24) is 14.9 Å². The number of piperidine rings is 1. The second-order valence-electron chi connectivity index (χ2n) is 8.23. The van der Waals surface area contributed by atoms with E-state index in [1.165, 1.54) is 0 Å². The molecule has 4 rings (SSSR count). The van der Waals surface area contributed by atoms with E-state index >= 15 is 4.39 Å². The molecule has 1 saturated heterocycles. The third-order valence-electron chi connectivity index (χ3n) is 5.77. The monoisotopic (exact) mass is 475 g/mol. The fourth-order valence-electron chi connectivity index (χ4n) is 4.36. The lowest BCUT2D eigenvalue weighted by Gasteiger charge is -2.33. The van der Waals surface area contributed by atoms with Gasteiger partial charge < -0.3 is 15.6 Å². The van der Waals surface area contributed by atoms with Crippen molar-refractivity contribution in [2.75, 3.05) is 19.6 Å². The maximum Gasteiger partial charge on any atom is 0.386 e. The lowest BCUT2D eigenvalue weighted by molar-refractivity contribution is -0.130. The molecule has 0 radical (unpaired) electrons. The Labute approximate surface area is 194 Å². The van der Waals surface area contributed by atoms with Gasteiger partial charge in [-0.25, -0.2) is 9.37 Å². The third-order valence-corrected chi connectivity index (χ3v) is 5.77. The van der Waals surface area contributed by atoms with Crippen molar-refractivity contribution in [2.45, 2.75) is 38.8 Å². The van der Waals surface area contributed by atoms with Gasteiger partial charge in [0.2, 0.25) is 5.91 Å². The Morgan fingerprint density at radius 2 is 1.97 bits per heavy atom. The molecule has 0 unspecified atom stereocenters. The van der Waals surface area contributed by atoms with Crippen LogP contribution in [0.1, 0.15) is 42.4 Å². The fraction of sp³-hybridized carbons (Fsp3) is 0.375. The number of aromatic amines is 1. The number of hydrogen-bond acceptors (Lipinski definition) is 4. The van der Waals surface area contributed by atoms with E-state index < -0.39 is 6.18 Å². The summed E-state index contributed by atoms with van der Waals surface area (Å²) in [7, 11) is 0. The molecule has 0 spiro atoms. The molecule has 1 aromatic carbocycles. The Morgan fingerprint density at radius 3 is 2.53 bits per heavy atom. The number of carbonyl (C=O) groups is 1. The zero-order chi connectivity index (χ0) is 25.0. The van der Waals surface area contributed by atoms with Crippen LogP contribution >= 0.6 is 0 Å². The van der Waals surface area contributed by atoms with Crippen molar-refractivity contribution >= 4 is 16.9 Å². The van der Waals surface area contributed by atoms with E-state index in [9.17, 15) is 23.2 Å². The van der Waals surface area contributed by atoms with Gasteiger partial charge in [0.15, 0.2) is 0 Å². The van der Waals surface area contributed by atoms with Crippen LogP contribution in [0, 0.1) is 24.1 Å². The van der Waals surface area contributed by atoms with Crippen LogP contribution in [0.4, 0.5) is 17.6 Å². The standard InChI is InChI=1S/C22H22FN5O.C2H3F3/c1-13-8-15(17-2-5-26-22-21(17)16(10-24)12-27-22)9-18(23)20(13)14-3-6-28(7-4-14)19(29)11-25;1-2(3,4)5/h2,5,8-9,12,14H,3-4,6-7,11,25H2,1H3,(H,26,27);1H3. The van der Waals surface area contributed by atoms with E-state index in [1.807, 2.05) is 19.1 Å². The zero-order valence-electron chi connectivity index (χ0n) is 18.8. The Hall–Kier alpha value is -3.45. The van der Waals surface area contributed by atoms with Gasteiger partial charge in [-0.15, -0.1) is 0 Å². The average molecular weight is 475 g/mol. The maximum atomic E-state index is 15.2. The summed E-state index contributed by atoms with van der Waals surface area (Å²) in [6.07, 6.45) is 0.716. The molecule has 3 heterocycles. The van der Waals surface area contributed by atoms with Gasteiger partial charge in [-0.3, -0.25) is 4.79 Å². The second kappa shape index (κ2) is 10.2. The van der Waals surface area contributed by atoms with Gasteiger partial charge in [-0.05, 0) is 60.1 Å². The number of hydrogen-bond donors (Lipinski definition) is 2. The van der Waals surface area contributed by atoms with Gasteiger partial charge in [0, 0.05) is 37.8 Å². The van der Waals surface area contributed by atoms with E-state index in [0.717, 1.165) is 29.5 Å². The predicted octanol–water partition coefficient (Wildman–Crippen LogP) is 4.78. The Morgan fingerprint density at radius 1 is 1.32 bits per heavy atom.